The van der Waals surface area contributed by atoms with Crippen LogP contribution in [-0.4, -0.2) is 34.4 Å². The lowest BCUT2D eigenvalue weighted by Crippen LogP contribution is -2.40. The number of unbranched alkanes of at least 4 members (excludes halogenated alkanes) is 1. The van der Waals surface area contributed by atoms with Gasteiger partial charge in [-0.2, -0.15) is 0 Å². The van der Waals surface area contributed by atoms with E-state index in [1.54, 1.807) is 0 Å². The van der Waals surface area contributed by atoms with E-state index in [0.717, 1.165) is 38.5 Å². The van der Waals surface area contributed by atoms with E-state index in [1.165, 1.54) is 5.57 Å². The van der Waals surface area contributed by atoms with Crippen molar-refractivity contribution in [2.45, 2.75) is 84.3 Å². The van der Waals surface area contributed by atoms with Gasteiger partial charge in [-0.3, -0.25) is 9.59 Å². The van der Waals surface area contributed by atoms with Gasteiger partial charge in [0.05, 0.1) is 18.4 Å². The van der Waals surface area contributed by atoms with Gasteiger partial charge in [-0.1, -0.05) is 51.8 Å². The Kier molecular flexibility index (Phi) is 8.74. The Balaban J connectivity index is 1.98. The first-order valence-corrected chi connectivity index (χ1v) is 10.8. The van der Waals surface area contributed by atoms with Crippen LogP contribution in [0, 0.1) is 23.7 Å². The molecule has 5 heteroatoms. The summed E-state index contributed by atoms with van der Waals surface area (Å²) >= 11 is 0. The Morgan fingerprint density at radius 3 is 2.75 bits per heavy atom. The van der Waals surface area contributed by atoms with Crippen molar-refractivity contribution in [1.82, 2.24) is 0 Å². The maximum absolute atomic E-state index is 12.4. The monoisotopic (exact) mass is 392 g/mol. The molecular weight excluding hydrogens is 356 g/mol. The summed E-state index contributed by atoms with van der Waals surface area (Å²) in [5.74, 6) is -0.0596. The van der Waals surface area contributed by atoms with Crippen molar-refractivity contribution < 1.29 is 24.5 Å². The molecule has 0 aromatic heterocycles. The highest BCUT2D eigenvalue weighted by Gasteiger charge is 2.39. The molecule has 0 unspecified atom stereocenters. The molecule has 0 spiro atoms. The number of hydrogen-bond donors (Lipinski definition) is 2. The van der Waals surface area contributed by atoms with Crippen LogP contribution < -0.4 is 0 Å². The average Bonchev–Trinajstić information content (AvgIpc) is 2.65. The fraction of sp³-hybridized carbons (Fsp3) is 0.739. The molecule has 0 aliphatic heterocycles. The number of carboxylic acids is 1. The van der Waals surface area contributed by atoms with E-state index in [9.17, 15) is 14.7 Å². The largest absolute Gasteiger partial charge is 0.481 e. The van der Waals surface area contributed by atoms with Crippen molar-refractivity contribution in [3.8, 4) is 0 Å². The maximum Gasteiger partial charge on any atom is 0.308 e. The molecule has 0 aromatic carbocycles. The highest BCUT2D eigenvalue weighted by atomic mass is 16.5. The average molecular weight is 393 g/mol. The van der Waals surface area contributed by atoms with Gasteiger partial charge in [0.25, 0.3) is 0 Å². The standard InChI is InChI=1S/C23H36O5/c1-4-15(2)23(27)28-20-11-7-8-17-13-12-16(3)19(22(17)20)10-6-5-9-18(24)14-21(25)26/h8,12-13,15-16,18-20,22,24H,4-7,9-11,14H2,1-3H3,(H,25,26)/t15-,16-,18+,19-,20-,22-/m0/s1. The SMILES string of the molecule is CC[C@H](C)C(=O)O[C@H]1CCC=C2C=C[C@H](C)[C@H](CCCC[C@@H](O)CC(=O)O)[C@H]21. The van der Waals surface area contributed by atoms with Crippen molar-refractivity contribution in [1.29, 1.82) is 0 Å². The van der Waals surface area contributed by atoms with Crippen LogP contribution in [-0.2, 0) is 14.3 Å². The summed E-state index contributed by atoms with van der Waals surface area (Å²) in [5.41, 5.74) is 1.29. The van der Waals surface area contributed by atoms with Gasteiger partial charge in [0.15, 0.2) is 0 Å². The molecule has 0 aromatic rings. The van der Waals surface area contributed by atoms with Crippen LogP contribution in [0.15, 0.2) is 23.8 Å². The lowest BCUT2D eigenvalue weighted by Gasteiger charge is -2.42. The van der Waals surface area contributed by atoms with Crippen molar-refractivity contribution in [2.24, 2.45) is 23.7 Å². The molecular formula is C23H36O5. The molecule has 5 nitrogen and oxygen atoms in total. The summed E-state index contributed by atoms with van der Waals surface area (Å²) in [5, 5.41) is 18.5. The van der Waals surface area contributed by atoms with Crippen LogP contribution in [0.2, 0.25) is 0 Å². The molecule has 158 valence electrons. The molecule has 0 saturated heterocycles. The summed E-state index contributed by atoms with van der Waals surface area (Å²) in [4.78, 5) is 23.1. The van der Waals surface area contributed by atoms with Crippen LogP contribution in [0.4, 0.5) is 0 Å². The third-order valence-corrected chi connectivity index (χ3v) is 6.36. The second-order valence-electron chi connectivity index (χ2n) is 8.51. The van der Waals surface area contributed by atoms with Crippen molar-refractivity contribution in [3.63, 3.8) is 0 Å². The number of ether oxygens (including phenoxy) is 1. The van der Waals surface area contributed by atoms with Gasteiger partial charge >= 0.3 is 11.9 Å². The summed E-state index contributed by atoms with van der Waals surface area (Å²) in [6.07, 6.45) is 11.6. The Hall–Kier alpha value is -1.62. The van der Waals surface area contributed by atoms with Gasteiger partial charge < -0.3 is 14.9 Å². The number of aliphatic hydroxyl groups excluding tert-OH is 1. The van der Waals surface area contributed by atoms with Crippen LogP contribution in [0.3, 0.4) is 0 Å². The Morgan fingerprint density at radius 2 is 2.07 bits per heavy atom. The van der Waals surface area contributed by atoms with Crippen molar-refractivity contribution in [2.75, 3.05) is 0 Å². The van der Waals surface area contributed by atoms with Gasteiger partial charge in [-0.25, -0.2) is 0 Å². The molecule has 0 saturated carbocycles. The summed E-state index contributed by atoms with van der Waals surface area (Å²) in [7, 11) is 0. The zero-order valence-corrected chi connectivity index (χ0v) is 17.5. The molecule has 28 heavy (non-hydrogen) atoms. The minimum Gasteiger partial charge on any atom is -0.481 e. The molecule has 0 bridgehead atoms. The molecule has 2 N–H and O–H groups in total. The number of hydrogen-bond acceptors (Lipinski definition) is 4. The second-order valence-corrected chi connectivity index (χ2v) is 8.51. The number of fused-ring (bicyclic) bond motifs is 1. The summed E-state index contributed by atoms with van der Waals surface area (Å²) in [6, 6.07) is 0. The number of rotatable bonds is 10. The highest BCUT2D eigenvalue weighted by Crippen LogP contribution is 2.43. The van der Waals surface area contributed by atoms with E-state index < -0.39 is 12.1 Å². The van der Waals surface area contributed by atoms with E-state index in [1.807, 2.05) is 13.8 Å². The van der Waals surface area contributed by atoms with Crippen LogP contribution in [0.5, 0.6) is 0 Å². The zero-order chi connectivity index (χ0) is 20.7. The summed E-state index contributed by atoms with van der Waals surface area (Å²) < 4.78 is 5.96. The van der Waals surface area contributed by atoms with Gasteiger partial charge in [0.1, 0.15) is 6.10 Å². The van der Waals surface area contributed by atoms with Crippen molar-refractivity contribution >= 4 is 11.9 Å². The summed E-state index contributed by atoms with van der Waals surface area (Å²) in [6.45, 7) is 6.15. The zero-order valence-electron chi connectivity index (χ0n) is 17.5. The molecule has 0 amide bonds. The van der Waals surface area contributed by atoms with Gasteiger partial charge in [-0.15, -0.1) is 0 Å². The van der Waals surface area contributed by atoms with Crippen molar-refractivity contribution in [3.05, 3.63) is 23.8 Å². The van der Waals surface area contributed by atoms with E-state index in [0.29, 0.717) is 18.3 Å². The Labute approximate surface area is 168 Å². The molecule has 2 rings (SSSR count). The number of carbonyl (C=O) groups is 2. The fourth-order valence-electron chi connectivity index (χ4n) is 4.45. The maximum atomic E-state index is 12.4. The lowest BCUT2D eigenvalue weighted by molar-refractivity contribution is -0.157. The van der Waals surface area contributed by atoms with Crippen LogP contribution in [0.25, 0.3) is 0 Å². The minimum atomic E-state index is -0.957. The number of aliphatic carboxylic acids is 1. The molecule has 6 atom stereocenters. The molecule has 2 aliphatic rings. The number of allylic oxidation sites excluding steroid dienone is 3. The predicted octanol–water partition coefficient (Wildman–Crippen LogP) is 4.50. The molecule has 0 radical (unpaired) electrons. The quantitative estimate of drug-likeness (QED) is 0.422. The first-order valence-electron chi connectivity index (χ1n) is 10.8. The van der Waals surface area contributed by atoms with E-state index in [4.69, 9.17) is 9.84 Å². The van der Waals surface area contributed by atoms with Gasteiger partial charge in [-0.05, 0) is 49.5 Å². The van der Waals surface area contributed by atoms with E-state index in [2.05, 4.69) is 25.2 Å². The molecule has 0 heterocycles. The van der Waals surface area contributed by atoms with Crippen LogP contribution in [0.1, 0.15) is 72.1 Å². The number of carbonyl (C=O) groups excluding carboxylic acids is 1. The van der Waals surface area contributed by atoms with Gasteiger partial charge in [0, 0.05) is 5.92 Å². The third-order valence-electron chi connectivity index (χ3n) is 6.36. The van der Waals surface area contributed by atoms with E-state index >= 15 is 0 Å². The predicted molar refractivity (Wildman–Crippen MR) is 109 cm³/mol. The third kappa shape index (κ3) is 6.20. The Morgan fingerprint density at radius 1 is 1.32 bits per heavy atom. The minimum absolute atomic E-state index is 0.0588. The van der Waals surface area contributed by atoms with E-state index in [-0.39, 0.29) is 30.3 Å². The first kappa shape index (κ1) is 22.7. The van der Waals surface area contributed by atoms with Gasteiger partial charge in [0.2, 0.25) is 0 Å². The normalized spacial score (nSPS) is 28.8. The smallest absolute Gasteiger partial charge is 0.308 e. The first-order chi connectivity index (χ1) is 13.3. The van der Waals surface area contributed by atoms with Crippen LogP contribution >= 0.6 is 0 Å². The molecule has 0 fully saturated rings. The fourth-order valence-corrected chi connectivity index (χ4v) is 4.45. The second kappa shape index (κ2) is 10.8. The topological polar surface area (TPSA) is 83.8 Å². The lowest BCUT2D eigenvalue weighted by atomic mass is 9.66. The number of esters is 1. The number of aliphatic hydroxyl groups is 1. The number of carboxylic acid groups (broad SMARTS) is 1. The highest BCUT2D eigenvalue weighted by molar-refractivity contribution is 5.72. The Bertz CT molecular complexity index is 594. The molecule has 2 aliphatic carbocycles.